The van der Waals surface area contributed by atoms with Gasteiger partial charge < -0.3 is 9.72 Å². The third kappa shape index (κ3) is 3.58. The lowest BCUT2D eigenvalue weighted by Gasteiger charge is -2.19. The zero-order valence-corrected chi connectivity index (χ0v) is 11.1. The number of pyridine rings is 1. The summed E-state index contributed by atoms with van der Waals surface area (Å²) in [6.45, 7) is 5.39. The minimum atomic E-state index is -0.544. The van der Waals surface area contributed by atoms with Crippen molar-refractivity contribution >= 4 is 22.6 Å². The van der Waals surface area contributed by atoms with E-state index in [-0.39, 0.29) is 5.56 Å². The average molecular weight is 260 g/mol. The molecule has 0 unspecified atom stereocenters. The summed E-state index contributed by atoms with van der Waals surface area (Å²) in [4.78, 5) is 25.5. The molecule has 0 aliphatic carbocycles. The van der Waals surface area contributed by atoms with Crippen LogP contribution in [0, 0.1) is 0 Å². The van der Waals surface area contributed by atoms with Crippen LogP contribution in [0.2, 0.25) is 0 Å². The first kappa shape index (κ1) is 13.1. The van der Waals surface area contributed by atoms with Crippen LogP contribution in [0.1, 0.15) is 20.8 Å². The molecule has 0 fully saturated rings. The van der Waals surface area contributed by atoms with Crippen LogP contribution in [0.25, 0.3) is 10.8 Å². The molecule has 1 aromatic carbocycles. The van der Waals surface area contributed by atoms with Gasteiger partial charge in [0.05, 0.1) is 0 Å². The second-order valence-corrected chi connectivity index (χ2v) is 5.27. The Bertz CT molecular complexity index is 668. The minimum absolute atomic E-state index is 0.179. The van der Waals surface area contributed by atoms with Crippen LogP contribution >= 0.6 is 0 Å². The van der Waals surface area contributed by atoms with Crippen LogP contribution in [0.4, 0.5) is 10.5 Å². The van der Waals surface area contributed by atoms with E-state index in [2.05, 4.69) is 10.3 Å². The maximum atomic E-state index is 11.6. The molecule has 0 radical (unpaired) electrons. The van der Waals surface area contributed by atoms with Crippen LogP contribution in [0.5, 0.6) is 0 Å². The number of H-pyrrole nitrogens is 1. The van der Waals surface area contributed by atoms with Crippen molar-refractivity contribution in [1.29, 1.82) is 0 Å². The zero-order chi connectivity index (χ0) is 14.0. The van der Waals surface area contributed by atoms with E-state index in [1.807, 2.05) is 6.07 Å². The van der Waals surface area contributed by atoms with E-state index in [1.165, 1.54) is 6.07 Å². The molecule has 2 rings (SSSR count). The summed E-state index contributed by atoms with van der Waals surface area (Å²) in [6.07, 6.45) is 1.12. The molecular weight excluding hydrogens is 244 g/mol. The number of aromatic amines is 1. The highest BCUT2D eigenvalue weighted by Crippen LogP contribution is 2.18. The molecule has 0 spiro atoms. The average Bonchev–Trinajstić information content (AvgIpc) is 2.25. The van der Waals surface area contributed by atoms with Gasteiger partial charge in [-0.3, -0.25) is 10.1 Å². The molecule has 5 heteroatoms. The summed E-state index contributed by atoms with van der Waals surface area (Å²) in [5.74, 6) is 0. The summed E-state index contributed by atoms with van der Waals surface area (Å²) in [5.41, 5.74) is -0.132. The van der Waals surface area contributed by atoms with Gasteiger partial charge in [-0.05, 0) is 43.7 Å². The number of amides is 1. The van der Waals surface area contributed by atoms with Gasteiger partial charge >= 0.3 is 6.09 Å². The lowest BCUT2D eigenvalue weighted by Crippen LogP contribution is -2.27. The third-order valence-electron chi connectivity index (χ3n) is 2.39. The molecule has 1 heterocycles. The van der Waals surface area contributed by atoms with E-state index in [1.54, 1.807) is 39.1 Å². The number of fused-ring (bicyclic) bond motifs is 1. The van der Waals surface area contributed by atoms with E-state index in [0.717, 1.165) is 10.8 Å². The van der Waals surface area contributed by atoms with Gasteiger partial charge in [-0.25, -0.2) is 4.79 Å². The SMILES string of the molecule is CC(C)(C)OC(=O)Nc1ccc2c[nH]c(=O)cc2c1. The lowest BCUT2D eigenvalue weighted by atomic mass is 10.1. The lowest BCUT2D eigenvalue weighted by molar-refractivity contribution is 0.0636. The summed E-state index contributed by atoms with van der Waals surface area (Å²) >= 11 is 0. The molecule has 0 aliphatic rings. The molecule has 0 bridgehead atoms. The Morgan fingerprint density at radius 1 is 1.21 bits per heavy atom. The molecule has 0 saturated heterocycles. The number of carbonyl (C=O) groups excluding carboxylic acids is 1. The molecule has 2 N–H and O–H groups in total. The molecule has 0 saturated carbocycles. The second kappa shape index (κ2) is 4.76. The van der Waals surface area contributed by atoms with Crippen molar-refractivity contribution in [3.63, 3.8) is 0 Å². The van der Waals surface area contributed by atoms with Gasteiger partial charge in [-0.2, -0.15) is 0 Å². The number of benzene rings is 1. The predicted octanol–water partition coefficient (Wildman–Crippen LogP) is 2.88. The summed E-state index contributed by atoms with van der Waals surface area (Å²) < 4.78 is 5.16. The fraction of sp³-hybridized carbons (Fsp3) is 0.286. The number of aromatic nitrogens is 1. The van der Waals surface area contributed by atoms with Gasteiger partial charge in [0.15, 0.2) is 0 Å². The van der Waals surface area contributed by atoms with E-state index < -0.39 is 11.7 Å². The first-order valence-electron chi connectivity index (χ1n) is 5.96. The number of hydrogen-bond acceptors (Lipinski definition) is 3. The van der Waals surface area contributed by atoms with Crippen molar-refractivity contribution in [2.24, 2.45) is 0 Å². The van der Waals surface area contributed by atoms with Gasteiger partial charge in [-0.15, -0.1) is 0 Å². The van der Waals surface area contributed by atoms with Gasteiger partial charge in [0.2, 0.25) is 5.56 Å². The summed E-state index contributed by atoms with van der Waals surface area (Å²) in [6, 6.07) is 6.78. The van der Waals surface area contributed by atoms with Crippen LogP contribution in [-0.2, 0) is 4.74 Å². The monoisotopic (exact) mass is 260 g/mol. The van der Waals surface area contributed by atoms with Gasteiger partial charge in [-0.1, -0.05) is 6.07 Å². The number of hydrogen-bond donors (Lipinski definition) is 2. The van der Waals surface area contributed by atoms with Crippen molar-refractivity contribution in [3.05, 3.63) is 40.8 Å². The van der Waals surface area contributed by atoms with E-state index >= 15 is 0 Å². The number of anilines is 1. The largest absolute Gasteiger partial charge is 0.444 e. The first-order chi connectivity index (χ1) is 8.83. The van der Waals surface area contributed by atoms with Gasteiger partial charge in [0.1, 0.15) is 5.60 Å². The molecule has 1 aromatic heterocycles. The Morgan fingerprint density at radius 3 is 2.63 bits per heavy atom. The Kier molecular flexibility index (Phi) is 3.29. The van der Waals surface area contributed by atoms with E-state index in [0.29, 0.717) is 5.69 Å². The van der Waals surface area contributed by atoms with Crippen molar-refractivity contribution in [2.75, 3.05) is 5.32 Å². The third-order valence-corrected chi connectivity index (χ3v) is 2.39. The molecule has 19 heavy (non-hydrogen) atoms. The molecule has 1 amide bonds. The quantitative estimate of drug-likeness (QED) is 0.828. The smallest absolute Gasteiger partial charge is 0.412 e. The molecule has 5 nitrogen and oxygen atoms in total. The number of rotatable bonds is 1. The normalized spacial score (nSPS) is 11.3. The minimum Gasteiger partial charge on any atom is -0.444 e. The molecule has 0 aliphatic heterocycles. The van der Waals surface area contributed by atoms with Crippen LogP contribution in [0.15, 0.2) is 35.3 Å². The van der Waals surface area contributed by atoms with Crippen LogP contribution in [0.3, 0.4) is 0 Å². The maximum absolute atomic E-state index is 11.6. The summed E-state index contributed by atoms with van der Waals surface area (Å²) in [5, 5.41) is 4.30. The highest BCUT2D eigenvalue weighted by molar-refractivity contribution is 5.90. The first-order valence-corrected chi connectivity index (χ1v) is 5.96. The van der Waals surface area contributed by atoms with Gasteiger partial charge in [0, 0.05) is 18.0 Å². The Morgan fingerprint density at radius 2 is 1.95 bits per heavy atom. The fourth-order valence-electron chi connectivity index (χ4n) is 1.66. The molecule has 2 aromatic rings. The van der Waals surface area contributed by atoms with E-state index in [9.17, 15) is 9.59 Å². The molecule has 0 atom stereocenters. The van der Waals surface area contributed by atoms with Crippen molar-refractivity contribution in [1.82, 2.24) is 4.98 Å². The standard InChI is InChI=1S/C14H16N2O3/c1-14(2,3)19-13(18)16-11-5-4-9-8-15-12(17)7-10(9)6-11/h4-8H,1-3H3,(H,15,17)(H,16,18). The van der Waals surface area contributed by atoms with Crippen LogP contribution < -0.4 is 10.9 Å². The zero-order valence-electron chi connectivity index (χ0n) is 11.1. The number of nitrogens with one attached hydrogen (secondary N) is 2. The van der Waals surface area contributed by atoms with Gasteiger partial charge in [0.25, 0.3) is 0 Å². The van der Waals surface area contributed by atoms with Crippen LogP contribution in [-0.4, -0.2) is 16.7 Å². The predicted molar refractivity (Wildman–Crippen MR) is 74.4 cm³/mol. The number of carbonyl (C=O) groups is 1. The molecular formula is C14H16N2O3. The van der Waals surface area contributed by atoms with Crippen molar-refractivity contribution in [2.45, 2.75) is 26.4 Å². The fourth-order valence-corrected chi connectivity index (χ4v) is 1.66. The van der Waals surface area contributed by atoms with E-state index in [4.69, 9.17) is 4.74 Å². The Balaban J connectivity index is 2.22. The Labute approximate surface area is 110 Å². The number of ether oxygens (including phenoxy) is 1. The molecule has 100 valence electrons. The highest BCUT2D eigenvalue weighted by Gasteiger charge is 2.16. The topological polar surface area (TPSA) is 71.2 Å². The maximum Gasteiger partial charge on any atom is 0.412 e. The van der Waals surface area contributed by atoms with Crippen molar-refractivity contribution in [3.8, 4) is 0 Å². The second-order valence-electron chi connectivity index (χ2n) is 5.27. The summed E-state index contributed by atoms with van der Waals surface area (Å²) in [7, 11) is 0. The Hall–Kier alpha value is -2.30. The van der Waals surface area contributed by atoms with Crippen molar-refractivity contribution < 1.29 is 9.53 Å². The highest BCUT2D eigenvalue weighted by atomic mass is 16.6.